The number of nitrogens with zero attached hydrogens (tertiary/aromatic N) is 2. The van der Waals surface area contributed by atoms with Gasteiger partial charge in [0.2, 0.25) is 5.91 Å². The van der Waals surface area contributed by atoms with Gasteiger partial charge in [0.25, 0.3) is 5.69 Å². The molecule has 1 heterocycles. The summed E-state index contributed by atoms with van der Waals surface area (Å²) in [6.45, 7) is 6.09. The number of nitro groups is 1. The first-order valence-electron chi connectivity index (χ1n) is 6.90. The molecule has 7 nitrogen and oxygen atoms in total. The Morgan fingerprint density at radius 3 is 2.57 bits per heavy atom. The van der Waals surface area contributed by atoms with Gasteiger partial charge in [-0.05, 0) is 6.07 Å². The summed E-state index contributed by atoms with van der Waals surface area (Å²) >= 11 is 0. The van der Waals surface area contributed by atoms with E-state index in [0.717, 1.165) is 5.69 Å². The van der Waals surface area contributed by atoms with Gasteiger partial charge < -0.3 is 15.0 Å². The van der Waals surface area contributed by atoms with E-state index < -0.39 is 4.92 Å². The minimum atomic E-state index is -0.449. The van der Waals surface area contributed by atoms with Crippen molar-refractivity contribution in [3.05, 3.63) is 28.3 Å². The van der Waals surface area contributed by atoms with Gasteiger partial charge in [0.05, 0.1) is 18.1 Å². The largest absolute Gasteiger partial charge is 0.378 e. The molecule has 1 fully saturated rings. The fourth-order valence-electron chi connectivity index (χ4n) is 2.06. The van der Waals surface area contributed by atoms with Crippen LogP contribution in [0.4, 0.5) is 17.1 Å². The first-order chi connectivity index (χ1) is 9.97. The fourth-order valence-corrected chi connectivity index (χ4v) is 2.06. The smallest absolute Gasteiger partial charge is 0.273 e. The third-order valence-corrected chi connectivity index (χ3v) is 3.28. The molecule has 1 saturated heterocycles. The quantitative estimate of drug-likeness (QED) is 0.678. The van der Waals surface area contributed by atoms with E-state index in [2.05, 4.69) is 5.32 Å². The van der Waals surface area contributed by atoms with Gasteiger partial charge in [-0.15, -0.1) is 0 Å². The van der Waals surface area contributed by atoms with Crippen LogP contribution in [0.3, 0.4) is 0 Å². The van der Waals surface area contributed by atoms with E-state index in [1.807, 2.05) is 4.90 Å². The molecule has 21 heavy (non-hydrogen) atoms. The van der Waals surface area contributed by atoms with Crippen LogP contribution in [0, 0.1) is 16.0 Å². The van der Waals surface area contributed by atoms with Crippen molar-refractivity contribution in [1.82, 2.24) is 0 Å². The first kappa shape index (κ1) is 15.2. The minimum absolute atomic E-state index is 0.0296. The van der Waals surface area contributed by atoms with Gasteiger partial charge in [-0.25, -0.2) is 0 Å². The molecule has 1 amide bonds. The summed E-state index contributed by atoms with van der Waals surface area (Å²) in [6, 6.07) is 4.67. The summed E-state index contributed by atoms with van der Waals surface area (Å²) in [5.41, 5.74) is 1.15. The van der Waals surface area contributed by atoms with Gasteiger partial charge in [-0.1, -0.05) is 13.8 Å². The topological polar surface area (TPSA) is 84.7 Å². The van der Waals surface area contributed by atoms with E-state index in [-0.39, 0.29) is 17.5 Å². The van der Waals surface area contributed by atoms with Crippen molar-refractivity contribution in [3.8, 4) is 0 Å². The van der Waals surface area contributed by atoms with Gasteiger partial charge in [-0.3, -0.25) is 14.9 Å². The SMILES string of the molecule is CC(C)C(=O)Nc1cc(N2CCOCC2)cc([N+](=O)[O-])c1. The molecule has 7 heteroatoms. The Labute approximate surface area is 123 Å². The lowest BCUT2D eigenvalue weighted by molar-refractivity contribution is -0.384. The number of anilines is 2. The Hall–Kier alpha value is -2.15. The van der Waals surface area contributed by atoms with E-state index in [1.54, 1.807) is 19.9 Å². The summed E-state index contributed by atoms with van der Waals surface area (Å²) in [7, 11) is 0. The molecular weight excluding hydrogens is 274 g/mol. The lowest BCUT2D eigenvalue weighted by atomic mass is 10.1. The number of ether oxygens (including phenoxy) is 1. The van der Waals surface area contributed by atoms with E-state index in [1.165, 1.54) is 12.1 Å². The van der Waals surface area contributed by atoms with Crippen molar-refractivity contribution < 1.29 is 14.5 Å². The van der Waals surface area contributed by atoms with Crippen molar-refractivity contribution in [2.75, 3.05) is 36.5 Å². The van der Waals surface area contributed by atoms with Crippen LogP contribution < -0.4 is 10.2 Å². The molecule has 2 rings (SSSR count). The number of non-ortho nitro benzene ring substituents is 1. The third kappa shape index (κ3) is 3.91. The molecule has 0 aliphatic carbocycles. The highest BCUT2D eigenvalue weighted by atomic mass is 16.6. The van der Waals surface area contributed by atoms with Gasteiger partial charge >= 0.3 is 0 Å². The second-order valence-corrected chi connectivity index (χ2v) is 5.24. The maximum atomic E-state index is 11.8. The van der Waals surface area contributed by atoms with Crippen molar-refractivity contribution in [1.29, 1.82) is 0 Å². The molecule has 1 aromatic carbocycles. The number of rotatable bonds is 4. The van der Waals surface area contributed by atoms with Gasteiger partial charge in [0, 0.05) is 42.5 Å². The molecule has 0 spiro atoms. The molecule has 1 N–H and O–H groups in total. The molecular formula is C14H19N3O4. The average Bonchev–Trinajstić information content (AvgIpc) is 2.47. The number of hydrogen-bond acceptors (Lipinski definition) is 5. The zero-order chi connectivity index (χ0) is 15.4. The summed E-state index contributed by atoms with van der Waals surface area (Å²) < 4.78 is 5.28. The summed E-state index contributed by atoms with van der Waals surface area (Å²) in [4.78, 5) is 24.4. The predicted octanol–water partition coefficient (Wildman–Crippen LogP) is 2.03. The third-order valence-electron chi connectivity index (χ3n) is 3.28. The molecule has 0 saturated carbocycles. The second kappa shape index (κ2) is 6.53. The predicted molar refractivity (Wildman–Crippen MR) is 79.6 cm³/mol. The highest BCUT2D eigenvalue weighted by Gasteiger charge is 2.18. The molecule has 1 aliphatic rings. The van der Waals surface area contributed by atoms with E-state index in [0.29, 0.717) is 32.0 Å². The number of carbonyl (C=O) groups excluding carboxylic acids is 1. The molecule has 0 aromatic heterocycles. The monoisotopic (exact) mass is 293 g/mol. The number of amides is 1. The molecule has 1 aromatic rings. The van der Waals surface area contributed by atoms with Crippen LogP contribution >= 0.6 is 0 Å². The highest BCUT2D eigenvalue weighted by molar-refractivity contribution is 5.93. The first-order valence-corrected chi connectivity index (χ1v) is 6.90. The van der Waals surface area contributed by atoms with Crippen LogP contribution in [0.2, 0.25) is 0 Å². The number of hydrogen-bond donors (Lipinski definition) is 1. The lowest BCUT2D eigenvalue weighted by Gasteiger charge is -2.29. The van der Waals surface area contributed by atoms with E-state index in [9.17, 15) is 14.9 Å². The summed E-state index contributed by atoms with van der Waals surface area (Å²) in [5.74, 6) is -0.348. The lowest BCUT2D eigenvalue weighted by Crippen LogP contribution is -2.36. The van der Waals surface area contributed by atoms with Gasteiger partial charge in [0.1, 0.15) is 0 Å². The van der Waals surface area contributed by atoms with Gasteiger partial charge in [0.15, 0.2) is 0 Å². The van der Waals surface area contributed by atoms with E-state index in [4.69, 9.17) is 4.74 Å². The van der Waals surface area contributed by atoms with Crippen molar-refractivity contribution >= 4 is 23.0 Å². The van der Waals surface area contributed by atoms with Gasteiger partial charge in [-0.2, -0.15) is 0 Å². The maximum Gasteiger partial charge on any atom is 0.273 e. The Bertz CT molecular complexity index is 539. The highest BCUT2D eigenvalue weighted by Crippen LogP contribution is 2.28. The van der Waals surface area contributed by atoms with Crippen molar-refractivity contribution in [2.45, 2.75) is 13.8 Å². The van der Waals surface area contributed by atoms with Crippen LogP contribution in [-0.2, 0) is 9.53 Å². The number of nitrogens with one attached hydrogen (secondary N) is 1. The zero-order valence-electron chi connectivity index (χ0n) is 12.2. The fraction of sp³-hybridized carbons (Fsp3) is 0.500. The zero-order valence-corrected chi connectivity index (χ0v) is 12.2. The Kier molecular flexibility index (Phi) is 4.74. The van der Waals surface area contributed by atoms with E-state index >= 15 is 0 Å². The Morgan fingerprint density at radius 1 is 1.33 bits per heavy atom. The van der Waals surface area contributed by atoms with Crippen LogP contribution in [0.15, 0.2) is 18.2 Å². The molecule has 114 valence electrons. The second-order valence-electron chi connectivity index (χ2n) is 5.24. The van der Waals surface area contributed by atoms with Crippen molar-refractivity contribution in [2.24, 2.45) is 5.92 Å². The molecule has 0 atom stereocenters. The van der Waals surface area contributed by atoms with Crippen LogP contribution in [0.25, 0.3) is 0 Å². The minimum Gasteiger partial charge on any atom is -0.378 e. The number of nitro benzene ring substituents is 1. The normalized spacial score (nSPS) is 15.1. The van der Waals surface area contributed by atoms with Crippen molar-refractivity contribution in [3.63, 3.8) is 0 Å². The maximum absolute atomic E-state index is 11.8. The average molecular weight is 293 g/mol. The van der Waals surface area contributed by atoms with Crippen LogP contribution in [-0.4, -0.2) is 37.1 Å². The molecule has 0 bridgehead atoms. The number of benzene rings is 1. The molecule has 0 radical (unpaired) electrons. The number of carbonyl (C=O) groups is 1. The van der Waals surface area contributed by atoms with Crippen LogP contribution in [0.5, 0.6) is 0 Å². The Morgan fingerprint density at radius 2 is 2.00 bits per heavy atom. The molecule has 0 unspecified atom stereocenters. The Balaban J connectivity index is 2.29. The molecule has 1 aliphatic heterocycles. The summed E-state index contributed by atoms with van der Waals surface area (Å²) in [5, 5.41) is 13.8. The summed E-state index contributed by atoms with van der Waals surface area (Å²) in [6.07, 6.45) is 0. The number of morpholine rings is 1. The van der Waals surface area contributed by atoms with Crippen LogP contribution in [0.1, 0.15) is 13.8 Å². The standard InChI is InChI=1S/C14H19N3O4/c1-10(2)14(18)15-11-7-12(9-13(8-11)17(19)20)16-3-5-21-6-4-16/h7-10H,3-6H2,1-2H3,(H,15,18).